The van der Waals surface area contributed by atoms with Gasteiger partial charge in [0.05, 0.1) is 22.5 Å². The number of rotatable bonds is 4. The minimum absolute atomic E-state index is 0.109. The molecule has 0 bridgehead atoms. The minimum Gasteiger partial charge on any atom is -0.490 e. The van der Waals surface area contributed by atoms with Crippen LogP contribution in [0.25, 0.3) is 0 Å². The molecule has 27 heavy (non-hydrogen) atoms. The van der Waals surface area contributed by atoms with Crippen LogP contribution < -0.4 is 14.8 Å². The third kappa shape index (κ3) is 4.42. The van der Waals surface area contributed by atoms with Crippen molar-refractivity contribution < 1.29 is 17.9 Å². The second-order valence-electron chi connectivity index (χ2n) is 7.63. The third-order valence-electron chi connectivity index (χ3n) is 4.56. The van der Waals surface area contributed by atoms with Crippen LogP contribution >= 0.6 is 0 Å². The van der Waals surface area contributed by atoms with Gasteiger partial charge in [0.2, 0.25) is 15.9 Å². The molecule has 0 fully saturated rings. The lowest BCUT2D eigenvalue weighted by atomic mass is 9.94. The largest absolute Gasteiger partial charge is 0.490 e. The van der Waals surface area contributed by atoms with E-state index >= 15 is 0 Å². The third-order valence-corrected chi connectivity index (χ3v) is 5.79. The Morgan fingerprint density at radius 1 is 1.15 bits per heavy atom. The highest BCUT2D eigenvalue weighted by Crippen LogP contribution is 2.34. The van der Waals surface area contributed by atoms with Gasteiger partial charge in [-0.15, -0.1) is 0 Å². The van der Waals surface area contributed by atoms with Crippen molar-refractivity contribution in [1.29, 1.82) is 0 Å². The number of hydrogen-bond acceptors (Lipinski definition) is 4. The maximum atomic E-state index is 12.6. The Labute approximate surface area is 160 Å². The summed E-state index contributed by atoms with van der Waals surface area (Å²) in [5.74, 6) is 0.202. The number of nitrogens with one attached hydrogen (secondary N) is 2. The lowest BCUT2D eigenvalue weighted by Gasteiger charge is -2.18. The maximum absolute atomic E-state index is 12.6. The van der Waals surface area contributed by atoms with Crippen LogP contribution in [0.3, 0.4) is 0 Å². The van der Waals surface area contributed by atoms with Crippen LogP contribution in [0.5, 0.6) is 5.75 Å². The molecule has 0 spiro atoms. The molecule has 1 aliphatic rings. The van der Waals surface area contributed by atoms with E-state index in [0.717, 1.165) is 16.7 Å². The highest BCUT2D eigenvalue weighted by molar-refractivity contribution is 7.91. The standard InChI is InChI=1S/C20H24N2O4S/c1-13-5-6-14(2)15(9-13)11-27(24,25)22-16-7-8-17-18(10-16)26-12-20(3,4)19(23)21-17/h5-10,22H,11-12H2,1-4H3,(H,21,23). The fourth-order valence-corrected chi connectivity index (χ4v) is 4.08. The first-order valence-corrected chi connectivity index (χ1v) is 10.4. The van der Waals surface area contributed by atoms with E-state index in [1.54, 1.807) is 32.0 Å². The van der Waals surface area contributed by atoms with Crippen LogP contribution in [-0.2, 0) is 20.6 Å². The number of anilines is 2. The maximum Gasteiger partial charge on any atom is 0.236 e. The molecule has 1 heterocycles. The van der Waals surface area contributed by atoms with Gasteiger partial charge < -0.3 is 10.1 Å². The number of amides is 1. The van der Waals surface area contributed by atoms with E-state index in [1.165, 1.54) is 0 Å². The van der Waals surface area contributed by atoms with E-state index in [1.807, 2.05) is 32.0 Å². The predicted molar refractivity (Wildman–Crippen MR) is 107 cm³/mol. The highest BCUT2D eigenvalue weighted by atomic mass is 32.2. The van der Waals surface area contributed by atoms with Gasteiger partial charge >= 0.3 is 0 Å². The number of sulfonamides is 1. The van der Waals surface area contributed by atoms with Gasteiger partial charge in [0.25, 0.3) is 0 Å². The zero-order chi connectivity index (χ0) is 19.8. The molecule has 2 aromatic carbocycles. The average molecular weight is 388 g/mol. The summed E-state index contributed by atoms with van der Waals surface area (Å²) in [4.78, 5) is 12.2. The van der Waals surface area contributed by atoms with E-state index in [0.29, 0.717) is 17.1 Å². The number of hydrogen-bond donors (Lipinski definition) is 2. The molecule has 0 atom stereocenters. The monoisotopic (exact) mass is 388 g/mol. The summed E-state index contributed by atoms with van der Waals surface area (Å²) in [6, 6.07) is 10.6. The van der Waals surface area contributed by atoms with Crippen molar-refractivity contribution in [2.75, 3.05) is 16.6 Å². The van der Waals surface area contributed by atoms with E-state index < -0.39 is 15.4 Å². The van der Waals surface area contributed by atoms with Crippen molar-refractivity contribution >= 4 is 27.3 Å². The van der Waals surface area contributed by atoms with Crippen LogP contribution in [0.15, 0.2) is 36.4 Å². The topological polar surface area (TPSA) is 84.5 Å². The Hall–Kier alpha value is -2.54. The van der Waals surface area contributed by atoms with Gasteiger partial charge in [0.15, 0.2) is 0 Å². The lowest BCUT2D eigenvalue weighted by Crippen LogP contribution is -2.33. The molecule has 0 radical (unpaired) electrons. The molecule has 144 valence electrons. The Morgan fingerprint density at radius 2 is 1.89 bits per heavy atom. The highest BCUT2D eigenvalue weighted by Gasteiger charge is 2.32. The lowest BCUT2D eigenvalue weighted by molar-refractivity contribution is -0.124. The fraction of sp³-hybridized carbons (Fsp3) is 0.350. The summed E-state index contributed by atoms with van der Waals surface area (Å²) < 4.78 is 33.5. The molecule has 3 rings (SSSR count). The van der Waals surface area contributed by atoms with Crippen LogP contribution in [0.2, 0.25) is 0 Å². The average Bonchev–Trinajstić information content (AvgIpc) is 2.67. The van der Waals surface area contributed by atoms with Gasteiger partial charge in [-0.1, -0.05) is 23.8 Å². The molecule has 1 amide bonds. The van der Waals surface area contributed by atoms with Crippen molar-refractivity contribution in [2.45, 2.75) is 33.4 Å². The number of ether oxygens (including phenoxy) is 1. The fourth-order valence-electron chi connectivity index (χ4n) is 2.80. The predicted octanol–water partition coefficient (Wildman–Crippen LogP) is 3.60. The van der Waals surface area contributed by atoms with Gasteiger partial charge in [0.1, 0.15) is 12.4 Å². The van der Waals surface area contributed by atoms with Gasteiger partial charge in [-0.05, 0) is 51.0 Å². The van der Waals surface area contributed by atoms with Crippen molar-refractivity contribution in [2.24, 2.45) is 5.41 Å². The Kier molecular flexibility index (Phi) is 4.90. The molecular formula is C20H24N2O4S. The van der Waals surface area contributed by atoms with Crippen molar-refractivity contribution in [3.05, 3.63) is 53.1 Å². The first kappa shape index (κ1) is 19.2. The zero-order valence-electron chi connectivity index (χ0n) is 15.9. The molecule has 0 aliphatic carbocycles. The Morgan fingerprint density at radius 3 is 2.63 bits per heavy atom. The number of carbonyl (C=O) groups is 1. The SMILES string of the molecule is Cc1ccc(C)c(CS(=O)(=O)Nc2ccc3c(c2)OCC(C)(C)C(=O)N3)c1. The first-order valence-electron chi connectivity index (χ1n) is 8.71. The van der Waals surface area contributed by atoms with Crippen LogP contribution in [0, 0.1) is 19.3 Å². The number of carbonyl (C=O) groups excluding carboxylic acids is 1. The quantitative estimate of drug-likeness (QED) is 0.838. The second-order valence-corrected chi connectivity index (χ2v) is 9.35. The number of fused-ring (bicyclic) bond motifs is 1. The smallest absolute Gasteiger partial charge is 0.236 e. The minimum atomic E-state index is -3.59. The van der Waals surface area contributed by atoms with Gasteiger partial charge in [0, 0.05) is 6.07 Å². The second kappa shape index (κ2) is 6.88. The molecular weight excluding hydrogens is 364 g/mol. The molecule has 2 N–H and O–H groups in total. The van der Waals surface area contributed by atoms with Crippen molar-refractivity contribution in [3.63, 3.8) is 0 Å². The molecule has 7 heteroatoms. The molecule has 0 saturated heterocycles. The van der Waals surface area contributed by atoms with Crippen LogP contribution in [-0.4, -0.2) is 20.9 Å². The van der Waals surface area contributed by atoms with Gasteiger partial charge in [-0.25, -0.2) is 8.42 Å². The van der Waals surface area contributed by atoms with Crippen LogP contribution in [0.4, 0.5) is 11.4 Å². The molecule has 6 nitrogen and oxygen atoms in total. The molecule has 0 saturated carbocycles. The van der Waals surface area contributed by atoms with E-state index in [2.05, 4.69) is 10.0 Å². The van der Waals surface area contributed by atoms with Crippen molar-refractivity contribution in [3.8, 4) is 5.75 Å². The summed E-state index contributed by atoms with van der Waals surface area (Å²) in [7, 11) is -3.59. The molecule has 1 aliphatic heterocycles. The summed E-state index contributed by atoms with van der Waals surface area (Å²) in [6.07, 6.45) is 0. The summed E-state index contributed by atoms with van der Waals surface area (Å²) >= 11 is 0. The molecule has 0 aromatic heterocycles. The van der Waals surface area contributed by atoms with E-state index in [-0.39, 0.29) is 18.3 Å². The number of benzene rings is 2. The number of aryl methyl sites for hydroxylation is 2. The first-order chi connectivity index (χ1) is 12.6. The zero-order valence-corrected chi connectivity index (χ0v) is 16.7. The normalized spacial score (nSPS) is 15.9. The van der Waals surface area contributed by atoms with Gasteiger partial charge in [-0.3, -0.25) is 9.52 Å². The van der Waals surface area contributed by atoms with E-state index in [4.69, 9.17) is 4.74 Å². The van der Waals surface area contributed by atoms with E-state index in [9.17, 15) is 13.2 Å². The van der Waals surface area contributed by atoms with Crippen molar-refractivity contribution in [1.82, 2.24) is 0 Å². The summed E-state index contributed by atoms with van der Waals surface area (Å²) in [5, 5.41) is 2.82. The summed E-state index contributed by atoms with van der Waals surface area (Å²) in [6.45, 7) is 7.63. The molecule has 0 unspecified atom stereocenters. The summed E-state index contributed by atoms with van der Waals surface area (Å²) in [5.41, 5.74) is 2.98. The molecule has 2 aromatic rings. The van der Waals surface area contributed by atoms with Gasteiger partial charge in [-0.2, -0.15) is 0 Å². The Bertz CT molecular complexity index is 997. The van der Waals surface area contributed by atoms with Crippen LogP contribution in [0.1, 0.15) is 30.5 Å². The Balaban J connectivity index is 1.81.